The van der Waals surface area contributed by atoms with Gasteiger partial charge in [0.1, 0.15) is 6.54 Å². The van der Waals surface area contributed by atoms with Crippen LogP contribution in [0.15, 0.2) is 35.7 Å². The van der Waals surface area contributed by atoms with Crippen LogP contribution in [0.25, 0.3) is 0 Å². The van der Waals surface area contributed by atoms with E-state index in [1.807, 2.05) is 5.32 Å². The Labute approximate surface area is 176 Å². The van der Waals surface area contributed by atoms with E-state index >= 15 is 0 Å². The average Bonchev–Trinajstić information content (AvgIpc) is 2.71. The van der Waals surface area contributed by atoms with Gasteiger partial charge >= 0.3 is 12.1 Å². The fourth-order valence-electron chi connectivity index (χ4n) is 3.16. The number of aliphatic carboxylic acids is 1. The highest BCUT2D eigenvalue weighted by atomic mass is 19.4. The van der Waals surface area contributed by atoms with Gasteiger partial charge in [-0.1, -0.05) is 31.4 Å². The van der Waals surface area contributed by atoms with Gasteiger partial charge in [-0.3, -0.25) is 14.4 Å². The van der Waals surface area contributed by atoms with Crippen molar-refractivity contribution in [2.75, 3.05) is 6.54 Å². The molecule has 31 heavy (non-hydrogen) atoms. The molecule has 0 unspecified atom stereocenters. The maximum Gasteiger partial charge on any atom is 0.416 e. The Bertz CT molecular complexity index is 831. The molecule has 1 fully saturated rings. The normalized spacial score (nSPS) is 15.6. The highest BCUT2D eigenvalue weighted by Gasteiger charge is 2.30. The number of aliphatic hydroxyl groups excluding tert-OH is 1. The van der Waals surface area contributed by atoms with E-state index in [0.717, 1.165) is 44.2 Å². The van der Waals surface area contributed by atoms with E-state index in [-0.39, 0.29) is 12.6 Å². The number of hydrogen-bond donors (Lipinski definition) is 5. The van der Waals surface area contributed by atoms with E-state index < -0.39 is 47.5 Å². The van der Waals surface area contributed by atoms with Gasteiger partial charge in [-0.05, 0) is 30.5 Å². The van der Waals surface area contributed by atoms with E-state index in [1.54, 1.807) is 0 Å². The zero-order valence-corrected chi connectivity index (χ0v) is 16.6. The van der Waals surface area contributed by atoms with E-state index in [2.05, 4.69) is 10.6 Å². The number of carbonyl (C=O) groups is 3. The third kappa shape index (κ3) is 7.50. The predicted octanol–water partition coefficient (Wildman–Crippen LogP) is 2.21. The maximum absolute atomic E-state index is 12.6. The highest BCUT2D eigenvalue weighted by Crippen LogP contribution is 2.29. The minimum absolute atomic E-state index is 0.140. The van der Waals surface area contributed by atoms with Crippen LogP contribution in [0, 0.1) is 0 Å². The van der Waals surface area contributed by atoms with Crippen molar-refractivity contribution in [1.29, 1.82) is 0 Å². The second-order valence-corrected chi connectivity index (χ2v) is 7.16. The van der Waals surface area contributed by atoms with Crippen LogP contribution in [-0.2, 0) is 27.1 Å². The molecule has 0 bridgehead atoms. The molecule has 170 valence electrons. The molecular weight excluding hydrogens is 419 g/mol. The van der Waals surface area contributed by atoms with Crippen LogP contribution in [0.5, 0.6) is 0 Å². The van der Waals surface area contributed by atoms with Gasteiger partial charge in [0.05, 0.1) is 5.56 Å². The topological polar surface area (TPSA) is 128 Å². The van der Waals surface area contributed by atoms with E-state index in [0.29, 0.717) is 5.56 Å². The number of halogens is 3. The fourth-order valence-corrected chi connectivity index (χ4v) is 3.16. The largest absolute Gasteiger partial charge is 0.494 e. The number of carboxylic acids is 1. The average molecular weight is 443 g/mol. The maximum atomic E-state index is 12.6. The lowest BCUT2D eigenvalue weighted by Crippen LogP contribution is -2.41. The van der Waals surface area contributed by atoms with Crippen molar-refractivity contribution >= 4 is 17.8 Å². The number of aliphatic hydroxyl groups is 1. The number of carbonyl (C=O) groups excluding carboxylic acids is 2. The van der Waals surface area contributed by atoms with Crippen molar-refractivity contribution in [3.63, 3.8) is 0 Å². The first-order chi connectivity index (χ1) is 14.6. The van der Waals surface area contributed by atoms with Crippen LogP contribution >= 0.6 is 0 Å². The zero-order chi connectivity index (χ0) is 23.0. The number of alkyl halides is 3. The quantitative estimate of drug-likeness (QED) is 0.181. The molecule has 0 saturated heterocycles. The van der Waals surface area contributed by atoms with E-state index in [1.165, 1.54) is 12.1 Å². The van der Waals surface area contributed by atoms with Gasteiger partial charge in [0.2, 0.25) is 5.88 Å². The van der Waals surface area contributed by atoms with Crippen molar-refractivity contribution in [2.24, 2.45) is 0 Å². The summed E-state index contributed by atoms with van der Waals surface area (Å²) in [4.78, 5) is 35.6. The molecule has 1 aliphatic rings. The molecule has 0 aliphatic heterocycles. The Kier molecular flexibility index (Phi) is 8.29. The molecule has 0 radical (unpaired) electrons. The first kappa shape index (κ1) is 24.0. The molecule has 2 rings (SSSR count). The summed E-state index contributed by atoms with van der Waals surface area (Å²) in [6.45, 7) is -0.964. The third-order valence-corrected chi connectivity index (χ3v) is 4.77. The molecule has 2 amide bonds. The number of amides is 2. The summed E-state index contributed by atoms with van der Waals surface area (Å²) < 4.78 is 37.9. The highest BCUT2D eigenvalue weighted by molar-refractivity contribution is 6.19. The summed E-state index contributed by atoms with van der Waals surface area (Å²) >= 11 is 0. The third-order valence-electron chi connectivity index (χ3n) is 4.77. The van der Waals surface area contributed by atoms with E-state index in [4.69, 9.17) is 5.11 Å². The van der Waals surface area contributed by atoms with Crippen molar-refractivity contribution in [3.8, 4) is 0 Å². The van der Waals surface area contributed by atoms with Crippen molar-refractivity contribution in [3.05, 3.63) is 46.8 Å². The second-order valence-electron chi connectivity index (χ2n) is 7.16. The van der Waals surface area contributed by atoms with Crippen LogP contribution in [0.1, 0.15) is 43.2 Å². The minimum Gasteiger partial charge on any atom is -0.494 e. The van der Waals surface area contributed by atoms with Crippen molar-refractivity contribution in [1.82, 2.24) is 16.0 Å². The summed E-state index contributed by atoms with van der Waals surface area (Å²) in [7, 11) is 0. The van der Waals surface area contributed by atoms with Gasteiger partial charge in [-0.15, -0.1) is 0 Å². The van der Waals surface area contributed by atoms with Gasteiger partial charge < -0.3 is 26.2 Å². The molecule has 1 aromatic carbocycles. The fraction of sp³-hybridized carbons (Fsp3) is 0.450. The monoisotopic (exact) mass is 443 g/mol. The molecular formula is C20H24F3N3O5. The van der Waals surface area contributed by atoms with Gasteiger partial charge in [-0.25, -0.2) is 0 Å². The van der Waals surface area contributed by atoms with Crippen LogP contribution in [0.4, 0.5) is 13.2 Å². The second kappa shape index (κ2) is 10.7. The van der Waals surface area contributed by atoms with Gasteiger partial charge in [0.25, 0.3) is 11.8 Å². The molecule has 1 aliphatic carbocycles. The standard InChI is InChI=1S/C20H24F3N3O5/c21-20(22,23)13-8-6-12(7-9-13)10-24-17(29)16(18(30)25-11-15(27)28)19(31)26-14-4-2-1-3-5-14/h6-9,14,26,31H,1-5,10-11H2,(H,24,29)(H,25,30)(H,27,28)/b19-16-. The molecule has 0 atom stereocenters. The summed E-state index contributed by atoms with van der Waals surface area (Å²) in [5, 5.41) is 26.2. The smallest absolute Gasteiger partial charge is 0.416 e. The van der Waals surface area contributed by atoms with Crippen LogP contribution in [0.2, 0.25) is 0 Å². The van der Waals surface area contributed by atoms with Crippen LogP contribution in [0.3, 0.4) is 0 Å². The number of nitrogens with one attached hydrogen (secondary N) is 3. The van der Waals surface area contributed by atoms with Gasteiger partial charge in [0.15, 0.2) is 5.57 Å². The molecule has 0 heterocycles. The number of hydrogen-bond acceptors (Lipinski definition) is 5. The summed E-state index contributed by atoms with van der Waals surface area (Å²) in [6, 6.07) is 3.94. The van der Waals surface area contributed by atoms with Crippen molar-refractivity contribution < 1.29 is 37.8 Å². The number of benzene rings is 1. The number of rotatable bonds is 8. The predicted molar refractivity (Wildman–Crippen MR) is 104 cm³/mol. The van der Waals surface area contributed by atoms with Gasteiger partial charge in [-0.2, -0.15) is 13.2 Å². The zero-order valence-electron chi connectivity index (χ0n) is 16.6. The lowest BCUT2D eigenvalue weighted by Gasteiger charge is -2.24. The van der Waals surface area contributed by atoms with E-state index in [9.17, 15) is 32.7 Å². The number of carboxylic acid groups (broad SMARTS) is 1. The Morgan fingerprint density at radius 1 is 0.935 bits per heavy atom. The molecule has 1 aromatic rings. The Morgan fingerprint density at radius 2 is 1.52 bits per heavy atom. The molecule has 0 spiro atoms. The summed E-state index contributed by atoms with van der Waals surface area (Å²) in [6.07, 6.45) is -0.127. The first-order valence-corrected chi connectivity index (χ1v) is 9.72. The Balaban J connectivity index is 2.11. The molecule has 1 saturated carbocycles. The summed E-state index contributed by atoms with van der Waals surface area (Å²) in [5.74, 6) is -4.10. The lowest BCUT2D eigenvalue weighted by molar-refractivity contribution is -0.138. The lowest BCUT2D eigenvalue weighted by atomic mass is 9.95. The van der Waals surface area contributed by atoms with Crippen molar-refractivity contribution in [2.45, 2.75) is 50.9 Å². The first-order valence-electron chi connectivity index (χ1n) is 9.72. The molecule has 5 N–H and O–H groups in total. The Hall–Kier alpha value is -3.24. The van der Waals surface area contributed by atoms with Gasteiger partial charge in [0, 0.05) is 12.6 Å². The Morgan fingerprint density at radius 3 is 2.06 bits per heavy atom. The SMILES string of the molecule is O=C(O)CNC(=O)/C(C(=O)NCc1ccc(C(F)(F)F)cc1)=C(\O)NC1CCCCC1. The molecule has 8 nitrogen and oxygen atoms in total. The molecule has 0 aromatic heterocycles. The summed E-state index contributed by atoms with van der Waals surface area (Å²) in [5.41, 5.74) is -1.20. The minimum atomic E-state index is -4.49. The van der Waals surface area contributed by atoms with Crippen LogP contribution in [-0.4, -0.2) is 40.6 Å². The molecule has 11 heteroatoms. The van der Waals surface area contributed by atoms with Crippen LogP contribution < -0.4 is 16.0 Å².